The standard InChI is InChI=1S/C18H20BrNO/c1-12(14-7-6-13-4-3-5-15(13)10-14)20-18-11-16(21-2)8-9-17(18)19/h6-12,20H,3-5H2,1-2H3. The molecular formula is C18H20BrNO. The molecule has 0 saturated carbocycles. The highest BCUT2D eigenvalue weighted by Gasteiger charge is 2.14. The summed E-state index contributed by atoms with van der Waals surface area (Å²) in [5, 5.41) is 3.57. The van der Waals surface area contributed by atoms with Crippen LogP contribution in [0.4, 0.5) is 5.69 Å². The maximum absolute atomic E-state index is 5.30. The maximum Gasteiger partial charge on any atom is 0.121 e. The van der Waals surface area contributed by atoms with Gasteiger partial charge in [-0.15, -0.1) is 0 Å². The SMILES string of the molecule is COc1ccc(Br)c(NC(C)c2ccc3c(c2)CCC3)c1. The fourth-order valence-corrected chi connectivity index (χ4v) is 3.28. The molecule has 3 rings (SSSR count). The molecule has 0 fully saturated rings. The van der Waals surface area contributed by atoms with Crippen LogP contribution in [-0.4, -0.2) is 7.11 Å². The van der Waals surface area contributed by atoms with E-state index in [0.717, 1.165) is 15.9 Å². The molecule has 0 heterocycles. The van der Waals surface area contributed by atoms with Gasteiger partial charge in [0.15, 0.2) is 0 Å². The van der Waals surface area contributed by atoms with Crippen LogP contribution in [0.25, 0.3) is 0 Å². The molecule has 0 radical (unpaired) electrons. The Hall–Kier alpha value is -1.48. The number of anilines is 1. The molecule has 1 unspecified atom stereocenters. The molecule has 2 nitrogen and oxygen atoms in total. The van der Waals surface area contributed by atoms with Crippen molar-refractivity contribution in [3.63, 3.8) is 0 Å². The van der Waals surface area contributed by atoms with Gasteiger partial charge < -0.3 is 10.1 Å². The summed E-state index contributed by atoms with van der Waals surface area (Å²) in [6.45, 7) is 2.20. The Labute approximate surface area is 134 Å². The van der Waals surface area contributed by atoms with Crippen LogP contribution >= 0.6 is 15.9 Å². The first-order valence-electron chi connectivity index (χ1n) is 7.39. The van der Waals surface area contributed by atoms with E-state index in [0.29, 0.717) is 0 Å². The number of halogens is 1. The van der Waals surface area contributed by atoms with E-state index < -0.39 is 0 Å². The topological polar surface area (TPSA) is 21.3 Å². The lowest BCUT2D eigenvalue weighted by Crippen LogP contribution is -2.07. The first kappa shape index (κ1) is 14.5. The van der Waals surface area contributed by atoms with Crippen molar-refractivity contribution in [2.45, 2.75) is 32.2 Å². The van der Waals surface area contributed by atoms with Gasteiger partial charge >= 0.3 is 0 Å². The van der Waals surface area contributed by atoms with E-state index >= 15 is 0 Å². The van der Waals surface area contributed by atoms with Crippen molar-refractivity contribution >= 4 is 21.6 Å². The van der Waals surface area contributed by atoms with Gasteiger partial charge in [-0.05, 0) is 70.9 Å². The lowest BCUT2D eigenvalue weighted by Gasteiger charge is -2.18. The van der Waals surface area contributed by atoms with Crippen molar-refractivity contribution in [3.05, 3.63) is 57.6 Å². The van der Waals surface area contributed by atoms with Gasteiger partial charge in [0.05, 0.1) is 12.8 Å². The Balaban J connectivity index is 1.81. The Morgan fingerprint density at radius 3 is 2.71 bits per heavy atom. The number of ether oxygens (including phenoxy) is 1. The highest BCUT2D eigenvalue weighted by molar-refractivity contribution is 9.10. The zero-order chi connectivity index (χ0) is 14.8. The first-order valence-corrected chi connectivity index (χ1v) is 8.18. The summed E-state index contributed by atoms with van der Waals surface area (Å²) in [7, 11) is 1.69. The molecule has 0 amide bonds. The van der Waals surface area contributed by atoms with E-state index in [1.165, 1.54) is 36.0 Å². The predicted molar refractivity (Wildman–Crippen MR) is 91.2 cm³/mol. The lowest BCUT2D eigenvalue weighted by atomic mass is 10.0. The van der Waals surface area contributed by atoms with E-state index in [1.807, 2.05) is 18.2 Å². The predicted octanol–water partition coefficient (Wildman–Crippen LogP) is 5.12. The second kappa shape index (κ2) is 6.10. The number of aryl methyl sites for hydroxylation is 2. The number of benzene rings is 2. The fourth-order valence-electron chi connectivity index (χ4n) is 2.92. The second-order valence-corrected chi connectivity index (χ2v) is 6.45. The van der Waals surface area contributed by atoms with Crippen molar-refractivity contribution in [2.75, 3.05) is 12.4 Å². The smallest absolute Gasteiger partial charge is 0.121 e. The molecule has 1 aliphatic carbocycles. The summed E-state index contributed by atoms with van der Waals surface area (Å²) in [6.07, 6.45) is 3.75. The first-order chi connectivity index (χ1) is 10.2. The zero-order valence-electron chi connectivity index (χ0n) is 12.4. The Morgan fingerprint density at radius 2 is 1.90 bits per heavy atom. The number of rotatable bonds is 4. The molecule has 1 aliphatic rings. The minimum Gasteiger partial charge on any atom is -0.497 e. The van der Waals surface area contributed by atoms with Crippen LogP contribution in [0.3, 0.4) is 0 Å². The van der Waals surface area contributed by atoms with Gasteiger partial charge in [-0.1, -0.05) is 18.2 Å². The zero-order valence-corrected chi connectivity index (χ0v) is 14.0. The van der Waals surface area contributed by atoms with Crippen LogP contribution in [0.2, 0.25) is 0 Å². The van der Waals surface area contributed by atoms with Crippen LogP contribution in [0.5, 0.6) is 5.75 Å². The van der Waals surface area contributed by atoms with Crippen molar-refractivity contribution < 1.29 is 4.74 Å². The van der Waals surface area contributed by atoms with Gasteiger partial charge in [-0.2, -0.15) is 0 Å². The van der Waals surface area contributed by atoms with Crippen LogP contribution in [0, 0.1) is 0 Å². The van der Waals surface area contributed by atoms with E-state index in [1.54, 1.807) is 7.11 Å². The third-order valence-electron chi connectivity index (χ3n) is 4.17. The average molecular weight is 346 g/mol. The fraction of sp³-hybridized carbons (Fsp3) is 0.333. The van der Waals surface area contributed by atoms with Gasteiger partial charge in [0.25, 0.3) is 0 Å². The summed E-state index contributed by atoms with van der Waals surface area (Å²) in [5.74, 6) is 0.863. The second-order valence-electron chi connectivity index (χ2n) is 5.59. The normalized spacial score (nSPS) is 14.6. The molecule has 0 aliphatic heterocycles. The van der Waals surface area contributed by atoms with Gasteiger partial charge in [-0.25, -0.2) is 0 Å². The van der Waals surface area contributed by atoms with E-state index in [4.69, 9.17) is 4.74 Å². The average Bonchev–Trinajstić information content (AvgIpc) is 2.96. The molecule has 3 heteroatoms. The van der Waals surface area contributed by atoms with E-state index in [-0.39, 0.29) is 6.04 Å². The number of hydrogen-bond donors (Lipinski definition) is 1. The van der Waals surface area contributed by atoms with Crippen LogP contribution in [0.1, 0.15) is 36.1 Å². The molecule has 0 saturated heterocycles. The van der Waals surface area contributed by atoms with E-state index in [2.05, 4.69) is 46.4 Å². The van der Waals surface area contributed by atoms with Crippen molar-refractivity contribution in [1.29, 1.82) is 0 Å². The number of methoxy groups -OCH3 is 1. The number of hydrogen-bond acceptors (Lipinski definition) is 2. The van der Waals surface area contributed by atoms with Crippen LogP contribution < -0.4 is 10.1 Å². The monoisotopic (exact) mass is 345 g/mol. The van der Waals surface area contributed by atoms with Gasteiger partial charge in [0, 0.05) is 16.6 Å². The third-order valence-corrected chi connectivity index (χ3v) is 4.86. The molecule has 1 atom stereocenters. The van der Waals surface area contributed by atoms with Crippen molar-refractivity contribution in [2.24, 2.45) is 0 Å². The molecule has 0 bridgehead atoms. The molecule has 2 aromatic rings. The van der Waals surface area contributed by atoms with Gasteiger partial charge in [0.1, 0.15) is 5.75 Å². The summed E-state index contributed by atoms with van der Waals surface area (Å²) >= 11 is 3.59. The van der Waals surface area contributed by atoms with Crippen LogP contribution in [-0.2, 0) is 12.8 Å². The lowest BCUT2D eigenvalue weighted by molar-refractivity contribution is 0.415. The molecule has 2 aromatic carbocycles. The van der Waals surface area contributed by atoms with Crippen molar-refractivity contribution in [3.8, 4) is 5.75 Å². The molecule has 21 heavy (non-hydrogen) atoms. The molecule has 0 aromatic heterocycles. The Kier molecular flexibility index (Phi) is 4.20. The third kappa shape index (κ3) is 3.08. The Morgan fingerprint density at radius 1 is 1.10 bits per heavy atom. The molecular weight excluding hydrogens is 326 g/mol. The molecule has 0 spiro atoms. The number of fused-ring (bicyclic) bond motifs is 1. The maximum atomic E-state index is 5.30. The highest BCUT2D eigenvalue weighted by atomic mass is 79.9. The summed E-state index contributed by atoms with van der Waals surface area (Å²) in [4.78, 5) is 0. The molecule has 1 N–H and O–H groups in total. The minimum atomic E-state index is 0.263. The van der Waals surface area contributed by atoms with Crippen LogP contribution in [0.15, 0.2) is 40.9 Å². The van der Waals surface area contributed by atoms with Crippen molar-refractivity contribution in [1.82, 2.24) is 0 Å². The summed E-state index contributed by atoms with van der Waals surface area (Å²) < 4.78 is 6.35. The summed E-state index contributed by atoms with van der Waals surface area (Å²) in [5.41, 5.74) is 5.44. The quantitative estimate of drug-likeness (QED) is 0.830. The Bertz CT molecular complexity index is 654. The molecule has 110 valence electrons. The highest BCUT2D eigenvalue weighted by Crippen LogP contribution is 2.31. The minimum absolute atomic E-state index is 0.263. The largest absolute Gasteiger partial charge is 0.497 e. The van der Waals surface area contributed by atoms with Gasteiger partial charge in [0.2, 0.25) is 0 Å². The summed E-state index contributed by atoms with van der Waals surface area (Å²) in [6, 6.07) is 13.1. The van der Waals surface area contributed by atoms with E-state index in [9.17, 15) is 0 Å². The van der Waals surface area contributed by atoms with Gasteiger partial charge in [-0.3, -0.25) is 0 Å². The number of nitrogens with one attached hydrogen (secondary N) is 1.